The van der Waals surface area contributed by atoms with E-state index in [0.717, 1.165) is 39.3 Å². The summed E-state index contributed by atoms with van der Waals surface area (Å²) in [5.41, 5.74) is 5.89. The first-order chi connectivity index (χ1) is 6.23. The van der Waals surface area contributed by atoms with E-state index in [-0.39, 0.29) is 0 Å². The summed E-state index contributed by atoms with van der Waals surface area (Å²) in [5.74, 6) is 0.684. The van der Waals surface area contributed by atoms with Gasteiger partial charge in [-0.3, -0.25) is 0 Å². The summed E-state index contributed by atoms with van der Waals surface area (Å²) < 4.78 is 5.52. The number of ether oxygens (including phenoxy) is 1. The Balaban J connectivity index is 2.43. The van der Waals surface area contributed by atoms with Crippen LogP contribution >= 0.6 is 0 Å². The number of rotatable bonds is 5. The van der Waals surface area contributed by atoms with Crippen LogP contribution in [0.25, 0.3) is 0 Å². The Hall–Kier alpha value is -0.120. The lowest BCUT2D eigenvalue weighted by Gasteiger charge is -2.29. The molecule has 1 fully saturated rings. The Labute approximate surface area is 81.0 Å². The third-order valence-electron chi connectivity index (χ3n) is 3.06. The Morgan fingerprint density at radius 1 is 1.62 bits per heavy atom. The topological polar surface area (TPSA) is 47.3 Å². The van der Waals surface area contributed by atoms with Crippen molar-refractivity contribution in [1.29, 1.82) is 0 Å². The van der Waals surface area contributed by atoms with Gasteiger partial charge in [-0.2, -0.15) is 0 Å². The minimum atomic E-state index is 0.301. The van der Waals surface area contributed by atoms with Gasteiger partial charge < -0.3 is 15.8 Å². The van der Waals surface area contributed by atoms with Crippen molar-refractivity contribution < 1.29 is 4.74 Å². The van der Waals surface area contributed by atoms with Crippen molar-refractivity contribution in [3.63, 3.8) is 0 Å². The maximum Gasteiger partial charge on any atom is 0.0534 e. The van der Waals surface area contributed by atoms with Crippen molar-refractivity contribution in [1.82, 2.24) is 5.32 Å². The predicted octanol–water partition coefficient (Wildman–Crippen LogP) is 0.597. The normalized spacial score (nSPS) is 33.9. The Morgan fingerprint density at radius 3 is 3.00 bits per heavy atom. The summed E-state index contributed by atoms with van der Waals surface area (Å²) in [6.45, 7) is 8.96. The molecule has 0 bridgehead atoms. The average Bonchev–Trinajstić information content (AvgIpc) is 2.46. The van der Waals surface area contributed by atoms with E-state index in [4.69, 9.17) is 10.5 Å². The van der Waals surface area contributed by atoms with Gasteiger partial charge in [0.1, 0.15) is 0 Å². The van der Waals surface area contributed by atoms with Crippen molar-refractivity contribution in [3.8, 4) is 0 Å². The summed E-state index contributed by atoms with van der Waals surface area (Å²) in [7, 11) is 0. The minimum Gasteiger partial charge on any atom is -0.381 e. The van der Waals surface area contributed by atoms with Crippen molar-refractivity contribution in [2.75, 3.05) is 32.8 Å². The molecule has 0 saturated carbocycles. The molecule has 0 aromatic heterocycles. The molecule has 0 radical (unpaired) electrons. The highest BCUT2D eigenvalue weighted by atomic mass is 16.5. The molecule has 1 saturated heterocycles. The highest BCUT2D eigenvalue weighted by molar-refractivity contribution is 4.91. The zero-order valence-electron chi connectivity index (χ0n) is 8.81. The monoisotopic (exact) mass is 186 g/mol. The Morgan fingerprint density at radius 2 is 2.38 bits per heavy atom. The molecule has 1 aliphatic rings. The smallest absolute Gasteiger partial charge is 0.0534 e. The molecular weight excluding hydrogens is 164 g/mol. The molecule has 3 nitrogen and oxygen atoms in total. The van der Waals surface area contributed by atoms with E-state index in [2.05, 4.69) is 12.2 Å². The molecule has 0 spiro atoms. The number of hydrogen-bond donors (Lipinski definition) is 2. The van der Waals surface area contributed by atoms with Gasteiger partial charge in [-0.05, 0) is 32.4 Å². The van der Waals surface area contributed by atoms with Crippen LogP contribution < -0.4 is 11.1 Å². The van der Waals surface area contributed by atoms with Crippen molar-refractivity contribution in [3.05, 3.63) is 0 Å². The standard InChI is InChI=1S/C10H22N2O/c1-3-13-8-10(2)7-12-6-9(10)4-5-11/h9,12H,3-8,11H2,1-2H3/t9-,10?/m1/s1. The zero-order chi connectivity index (χ0) is 9.73. The first-order valence-electron chi connectivity index (χ1n) is 5.21. The van der Waals surface area contributed by atoms with Crippen molar-refractivity contribution in [2.24, 2.45) is 17.1 Å². The van der Waals surface area contributed by atoms with E-state index in [1.807, 2.05) is 6.92 Å². The molecule has 2 atom stereocenters. The second-order valence-electron chi connectivity index (χ2n) is 4.20. The first kappa shape index (κ1) is 11.0. The van der Waals surface area contributed by atoms with E-state index >= 15 is 0 Å². The van der Waals surface area contributed by atoms with Gasteiger partial charge in [0, 0.05) is 18.6 Å². The van der Waals surface area contributed by atoms with Crippen LogP contribution in [0.1, 0.15) is 20.3 Å². The molecule has 13 heavy (non-hydrogen) atoms. The van der Waals surface area contributed by atoms with Crippen LogP contribution in [0.5, 0.6) is 0 Å². The number of nitrogens with one attached hydrogen (secondary N) is 1. The lowest BCUT2D eigenvalue weighted by molar-refractivity contribution is 0.0452. The molecule has 0 amide bonds. The van der Waals surface area contributed by atoms with Crippen LogP contribution in [0.3, 0.4) is 0 Å². The largest absolute Gasteiger partial charge is 0.381 e. The van der Waals surface area contributed by atoms with Gasteiger partial charge in [0.05, 0.1) is 6.61 Å². The second kappa shape index (κ2) is 4.94. The summed E-state index contributed by atoms with van der Waals surface area (Å²) >= 11 is 0. The fourth-order valence-corrected chi connectivity index (χ4v) is 2.08. The van der Waals surface area contributed by atoms with Crippen LogP contribution in [-0.4, -0.2) is 32.8 Å². The number of nitrogens with two attached hydrogens (primary N) is 1. The van der Waals surface area contributed by atoms with Crippen LogP contribution in [0.15, 0.2) is 0 Å². The lowest BCUT2D eigenvalue weighted by atomic mass is 9.79. The fraction of sp³-hybridized carbons (Fsp3) is 1.00. The predicted molar refractivity (Wildman–Crippen MR) is 54.6 cm³/mol. The first-order valence-corrected chi connectivity index (χ1v) is 5.21. The van der Waals surface area contributed by atoms with Gasteiger partial charge in [0.15, 0.2) is 0 Å². The molecule has 0 aromatic rings. The molecule has 0 aromatic carbocycles. The van der Waals surface area contributed by atoms with Gasteiger partial charge in [0.2, 0.25) is 0 Å². The van der Waals surface area contributed by atoms with E-state index < -0.39 is 0 Å². The zero-order valence-corrected chi connectivity index (χ0v) is 8.81. The molecule has 3 heteroatoms. The number of hydrogen-bond acceptors (Lipinski definition) is 3. The van der Waals surface area contributed by atoms with Crippen molar-refractivity contribution >= 4 is 0 Å². The van der Waals surface area contributed by atoms with E-state index in [1.54, 1.807) is 0 Å². The van der Waals surface area contributed by atoms with Crippen LogP contribution in [0.4, 0.5) is 0 Å². The lowest BCUT2D eigenvalue weighted by Crippen LogP contribution is -2.33. The molecule has 0 aliphatic carbocycles. The van der Waals surface area contributed by atoms with Crippen LogP contribution in [0.2, 0.25) is 0 Å². The van der Waals surface area contributed by atoms with E-state index in [9.17, 15) is 0 Å². The van der Waals surface area contributed by atoms with E-state index in [1.165, 1.54) is 0 Å². The second-order valence-corrected chi connectivity index (χ2v) is 4.20. The summed E-state index contributed by atoms with van der Waals surface area (Å²) in [5, 5.41) is 3.42. The minimum absolute atomic E-state index is 0.301. The quantitative estimate of drug-likeness (QED) is 0.661. The third kappa shape index (κ3) is 2.66. The molecular formula is C10H22N2O. The SMILES string of the molecule is CCOCC1(C)CNC[C@H]1CCN. The van der Waals surface area contributed by atoms with Crippen LogP contribution in [-0.2, 0) is 4.74 Å². The molecule has 1 aliphatic heterocycles. The molecule has 1 rings (SSSR count). The molecule has 78 valence electrons. The highest BCUT2D eigenvalue weighted by Crippen LogP contribution is 2.33. The summed E-state index contributed by atoms with van der Waals surface area (Å²) in [6, 6.07) is 0. The van der Waals surface area contributed by atoms with Gasteiger partial charge >= 0.3 is 0 Å². The third-order valence-corrected chi connectivity index (χ3v) is 3.06. The maximum absolute atomic E-state index is 5.59. The highest BCUT2D eigenvalue weighted by Gasteiger charge is 2.38. The van der Waals surface area contributed by atoms with Gasteiger partial charge in [-0.25, -0.2) is 0 Å². The fourth-order valence-electron chi connectivity index (χ4n) is 2.08. The average molecular weight is 186 g/mol. The van der Waals surface area contributed by atoms with Gasteiger partial charge in [-0.1, -0.05) is 6.92 Å². The van der Waals surface area contributed by atoms with Gasteiger partial charge in [-0.15, -0.1) is 0 Å². The molecule has 3 N–H and O–H groups in total. The Kier molecular flexibility index (Phi) is 4.16. The Bertz CT molecular complexity index is 152. The van der Waals surface area contributed by atoms with Crippen LogP contribution in [0, 0.1) is 11.3 Å². The molecule has 1 unspecified atom stereocenters. The summed E-state index contributed by atoms with van der Waals surface area (Å²) in [6.07, 6.45) is 1.11. The van der Waals surface area contributed by atoms with E-state index in [0.29, 0.717) is 11.3 Å². The molecule has 1 heterocycles. The summed E-state index contributed by atoms with van der Waals surface area (Å²) in [4.78, 5) is 0. The van der Waals surface area contributed by atoms with Gasteiger partial charge in [0.25, 0.3) is 0 Å². The maximum atomic E-state index is 5.59. The van der Waals surface area contributed by atoms with Crippen molar-refractivity contribution in [2.45, 2.75) is 20.3 Å².